The van der Waals surface area contributed by atoms with Crippen LogP contribution in [0.4, 0.5) is 0 Å². The van der Waals surface area contributed by atoms with Gasteiger partial charge < -0.3 is 14.5 Å². The Bertz CT molecular complexity index is 680. The third-order valence-electron chi connectivity index (χ3n) is 2.73. The maximum atomic E-state index is 11.6. The van der Waals surface area contributed by atoms with Crippen molar-refractivity contribution in [1.29, 1.82) is 0 Å². The van der Waals surface area contributed by atoms with E-state index in [1.165, 1.54) is 12.5 Å². The molecule has 0 saturated heterocycles. The highest BCUT2D eigenvalue weighted by molar-refractivity contribution is 5.86. The highest BCUT2D eigenvalue weighted by Crippen LogP contribution is 2.11. The monoisotopic (exact) mass is 315 g/mol. The van der Waals surface area contributed by atoms with Crippen LogP contribution in [0, 0.1) is 6.92 Å². The van der Waals surface area contributed by atoms with E-state index in [1.54, 1.807) is 18.2 Å². The van der Waals surface area contributed by atoms with Gasteiger partial charge in [0.1, 0.15) is 11.5 Å². The lowest BCUT2D eigenvalue weighted by Crippen LogP contribution is -2.37. The van der Waals surface area contributed by atoms with Crippen molar-refractivity contribution < 1.29 is 18.7 Å². The zero-order valence-electron chi connectivity index (χ0n) is 12.6. The molecule has 120 valence electrons. The molecule has 0 spiro atoms. The first-order chi connectivity index (χ1) is 11.1. The first kappa shape index (κ1) is 16.3. The number of furan rings is 1. The van der Waals surface area contributed by atoms with Gasteiger partial charge in [-0.2, -0.15) is 5.10 Å². The number of hydrazone groups is 1. The summed E-state index contributed by atoms with van der Waals surface area (Å²) in [6.07, 6.45) is 2.86. The molecule has 0 unspecified atom stereocenters. The average Bonchev–Trinajstić information content (AvgIpc) is 3.04. The van der Waals surface area contributed by atoms with Crippen LogP contribution in [-0.2, 0) is 9.59 Å². The summed E-state index contributed by atoms with van der Waals surface area (Å²) in [5.41, 5.74) is 3.31. The van der Waals surface area contributed by atoms with Crippen molar-refractivity contribution in [3.63, 3.8) is 0 Å². The lowest BCUT2D eigenvalue weighted by Gasteiger charge is -2.07. The van der Waals surface area contributed by atoms with Crippen molar-refractivity contribution in [1.82, 2.24) is 10.7 Å². The van der Waals surface area contributed by atoms with Gasteiger partial charge in [0, 0.05) is 0 Å². The van der Waals surface area contributed by atoms with Gasteiger partial charge in [-0.25, -0.2) is 5.43 Å². The molecule has 0 radical (unpaired) electrons. The van der Waals surface area contributed by atoms with E-state index in [0.717, 1.165) is 5.56 Å². The van der Waals surface area contributed by atoms with E-state index in [2.05, 4.69) is 15.8 Å². The standard InChI is InChI=1S/C16H17N3O4/c1-12-4-2-5-13(8-12)23-11-16(21)17-10-15(20)19-18-9-14-6-3-7-22-14/h2-9H,10-11H2,1H3,(H,17,21)(H,19,20)/b18-9+. The van der Waals surface area contributed by atoms with Crippen LogP contribution in [0.2, 0.25) is 0 Å². The Morgan fingerprint density at radius 3 is 2.87 bits per heavy atom. The van der Waals surface area contributed by atoms with E-state index in [4.69, 9.17) is 9.15 Å². The number of ether oxygens (including phenoxy) is 1. The Morgan fingerprint density at radius 1 is 1.26 bits per heavy atom. The summed E-state index contributed by atoms with van der Waals surface area (Å²) in [6, 6.07) is 10.8. The SMILES string of the molecule is Cc1cccc(OCC(=O)NCC(=O)N/N=C/c2ccco2)c1. The number of nitrogens with one attached hydrogen (secondary N) is 2. The largest absolute Gasteiger partial charge is 0.484 e. The molecule has 23 heavy (non-hydrogen) atoms. The first-order valence-corrected chi connectivity index (χ1v) is 6.95. The summed E-state index contributed by atoms with van der Waals surface area (Å²) in [7, 11) is 0. The Hall–Kier alpha value is -3.09. The van der Waals surface area contributed by atoms with Crippen LogP contribution in [0.3, 0.4) is 0 Å². The number of benzene rings is 1. The van der Waals surface area contributed by atoms with Gasteiger partial charge in [-0.15, -0.1) is 0 Å². The fourth-order valence-electron chi connectivity index (χ4n) is 1.66. The van der Waals surface area contributed by atoms with E-state index < -0.39 is 11.8 Å². The molecule has 0 aliphatic carbocycles. The summed E-state index contributed by atoms with van der Waals surface area (Å²) in [5, 5.41) is 6.13. The third-order valence-corrected chi connectivity index (χ3v) is 2.73. The Balaban J connectivity index is 1.64. The van der Waals surface area contributed by atoms with Gasteiger partial charge in [0.05, 0.1) is 19.0 Å². The molecular formula is C16H17N3O4. The van der Waals surface area contributed by atoms with Crippen molar-refractivity contribution in [2.75, 3.05) is 13.2 Å². The highest BCUT2D eigenvalue weighted by Gasteiger charge is 2.06. The van der Waals surface area contributed by atoms with Gasteiger partial charge in [-0.1, -0.05) is 12.1 Å². The second kappa shape index (κ2) is 8.38. The molecule has 1 heterocycles. The second-order valence-electron chi connectivity index (χ2n) is 4.69. The van der Waals surface area contributed by atoms with Crippen LogP contribution in [0.1, 0.15) is 11.3 Å². The maximum Gasteiger partial charge on any atom is 0.259 e. The lowest BCUT2D eigenvalue weighted by atomic mass is 10.2. The molecule has 1 aromatic carbocycles. The number of aryl methyl sites for hydroxylation is 1. The van der Waals surface area contributed by atoms with Gasteiger partial charge in [0.15, 0.2) is 6.61 Å². The molecule has 7 heteroatoms. The van der Waals surface area contributed by atoms with Gasteiger partial charge in [-0.05, 0) is 36.8 Å². The topological polar surface area (TPSA) is 92.9 Å². The molecule has 7 nitrogen and oxygen atoms in total. The zero-order valence-corrected chi connectivity index (χ0v) is 12.6. The molecular weight excluding hydrogens is 298 g/mol. The van der Waals surface area contributed by atoms with Crippen molar-refractivity contribution >= 4 is 18.0 Å². The van der Waals surface area contributed by atoms with Crippen molar-refractivity contribution in [2.24, 2.45) is 5.10 Å². The summed E-state index contributed by atoms with van der Waals surface area (Å²) >= 11 is 0. The van der Waals surface area contributed by atoms with E-state index in [-0.39, 0.29) is 13.2 Å². The normalized spacial score (nSPS) is 10.5. The van der Waals surface area contributed by atoms with E-state index in [0.29, 0.717) is 11.5 Å². The molecule has 0 saturated carbocycles. The molecule has 0 bridgehead atoms. The van der Waals surface area contributed by atoms with Crippen LogP contribution >= 0.6 is 0 Å². The van der Waals surface area contributed by atoms with Crippen molar-refractivity contribution in [3.8, 4) is 5.75 Å². The number of hydrogen-bond donors (Lipinski definition) is 2. The minimum Gasteiger partial charge on any atom is -0.484 e. The second-order valence-corrected chi connectivity index (χ2v) is 4.69. The number of carbonyl (C=O) groups is 2. The van der Waals surface area contributed by atoms with E-state index in [9.17, 15) is 9.59 Å². The summed E-state index contributed by atoms with van der Waals surface area (Å²) in [5.74, 6) is 0.280. The molecule has 2 amide bonds. The highest BCUT2D eigenvalue weighted by atomic mass is 16.5. The zero-order chi connectivity index (χ0) is 16.5. The van der Waals surface area contributed by atoms with Gasteiger partial charge in [0.25, 0.3) is 11.8 Å². The Kier molecular flexibility index (Phi) is 5.93. The van der Waals surface area contributed by atoms with Gasteiger partial charge >= 0.3 is 0 Å². The van der Waals surface area contributed by atoms with Crippen LogP contribution in [0.25, 0.3) is 0 Å². The number of amides is 2. The number of hydrogen-bond acceptors (Lipinski definition) is 5. The summed E-state index contributed by atoms with van der Waals surface area (Å²) in [6.45, 7) is 1.58. The minimum absolute atomic E-state index is 0.160. The Morgan fingerprint density at radius 2 is 2.13 bits per heavy atom. The number of rotatable bonds is 7. The van der Waals surface area contributed by atoms with E-state index >= 15 is 0 Å². The molecule has 0 fully saturated rings. The molecule has 1 aromatic heterocycles. The number of nitrogens with zero attached hydrogens (tertiary/aromatic N) is 1. The predicted molar refractivity (Wildman–Crippen MR) is 84.1 cm³/mol. The van der Waals surface area contributed by atoms with Crippen molar-refractivity contribution in [2.45, 2.75) is 6.92 Å². The first-order valence-electron chi connectivity index (χ1n) is 6.95. The fourth-order valence-corrected chi connectivity index (χ4v) is 1.66. The maximum absolute atomic E-state index is 11.6. The van der Waals surface area contributed by atoms with Crippen LogP contribution in [-0.4, -0.2) is 31.2 Å². The quantitative estimate of drug-likeness (QED) is 0.594. The lowest BCUT2D eigenvalue weighted by molar-refractivity contribution is -0.127. The number of carbonyl (C=O) groups excluding carboxylic acids is 2. The summed E-state index contributed by atoms with van der Waals surface area (Å²) < 4.78 is 10.3. The molecule has 0 atom stereocenters. The fraction of sp³-hybridized carbons (Fsp3) is 0.188. The van der Waals surface area contributed by atoms with Gasteiger partial charge in [0.2, 0.25) is 0 Å². The van der Waals surface area contributed by atoms with Crippen LogP contribution in [0.5, 0.6) is 5.75 Å². The molecule has 2 aromatic rings. The summed E-state index contributed by atoms with van der Waals surface area (Å²) in [4.78, 5) is 23.1. The van der Waals surface area contributed by atoms with E-state index in [1.807, 2.05) is 25.1 Å². The van der Waals surface area contributed by atoms with Gasteiger partial charge in [-0.3, -0.25) is 9.59 Å². The Labute approximate surface area is 133 Å². The molecule has 2 rings (SSSR count). The molecule has 0 aliphatic heterocycles. The average molecular weight is 315 g/mol. The predicted octanol–water partition coefficient (Wildman–Crippen LogP) is 1.23. The smallest absolute Gasteiger partial charge is 0.259 e. The molecule has 0 aliphatic rings. The van der Waals surface area contributed by atoms with Crippen LogP contribution in [0.15, 0.2) is 52.2 Å². The third kappa shape index (κ3) is 6.04. The van der Waals surface area contributed by atoms with Crippen LogP contribution < -0.4 is 15.5 Å². The molecule has 2 N–H and O–H groups in total. The minimum atomic E-state index is -0.447. The van der Waals surface area contributed by atoms with Crippen molar-refractivity contribution in [3.05, 3.63) is 54.0 Å².